The first-order valence-electron chi connectivity index (χ1n) is 6.62. The van der Waals surface area contributed by atoms with E-state index in [-0.39, 0.29) is 11.2 Å². The fourth-order valence-corrected chi connectivity index (χ4v) is 3.18. The van der Waals surface area contributed by atoms with Crippen LogP contribution in [0.15, 0.2) is 18.2 Å². The second kappa shape index (κ2) is 5.95. The lowest BCUT2D eigenvalue weighted by Crippen LogP contribution is -2.33. The number of aryl methyl sites for hydroxylation is 2. The molecule has 0 aliphatic carbocycles. The summed E-state index contributed by atoms with van der Waals surface area (Å²) in [5.41, 5.74) is 2.16. The minimum atomic E-state index is -3.59. The van der Waals surface area contributed by atoms with Gasteiger partial charge in [-0.05, 0) is 37.8 Å². The number of hydrogen-bond acceptors (Lipinski definition) is 3. The summed E-state index contributed by atoms with van der Waals surface area (Å²) in [6.07, 6.45) is 0.502. The van der Waals surface area contributed by atoms with Gasteiger partial charge in [0.15, 0.2) is 0 Å². The zero-order valence-corrected chi connectivity index (χ0v) is 13.6. The fraction of sp³-hybridized carbons (Fsp3) is 0.533. The maximum atomic E-state index is 12.0. The maximum absolute atomic E-state index is 12.0. The van der Waals surface area contributed by atoms with E-state index < -0.39 is 15.9 Å². The summed E-state index contributed by atoms with van der Waals surface area (Å²) in [6, 6.07) is 5.30. The van der Waals surface area contributed by atoms with Crippen LogP contribution in [-0.2, 0) is 10.0 Å². The minimum absolute atomic E-state index is 0.0486. The van der Waals surface area contributed by atoms with E-state index in [4.69, 9.17) is 0 Å². The third kappa shape index (κ3) is 5.74. The van der Waals surface area contributed by atoms with Gasteiger partial charge in [-0.2, -0.15) is 0 Å². The van der Waals surface area contributed by atoms with E-state index in [1.54, 1.807) is 12.1 Å². The number of amides is 1. The van der Waals surface area contributed by atoms with Crippen molar-refractivity contribution >= 4 is 15.9 Å². The quantitative estimate of drug-likeness (QED) is 0.929. The monoisotopic (exact) mass is 297 g/mol. The molecule has 0 aromatic heterocycles. The largest absolute Gasteiger partial charge is 0.268 e. The molecule has 5 heteroatoms. The van der Waals surface area contributed by atoms with Gasteiger partial charge in [0.2, 0.25) is 10.0 Å². The third-order valence-corrected chi connectivity index (χ3v) is 4.09. The molecular formula is C15H23NO3S. The standard InChI is InChI=1S/C15H23NO3S/c1-11-8-12(2)10-13(9-11)14(17)16-20(18,19)7-6-15(3,4)5/h8-10H,6-7H2,1-5H3,(H,16,17). The van der Waals surface area contributed by atoms with Crippen LogP contribution in [0.1, 0.15) is 48.7 Å². The first kappa shape index (κ1) is 16.7. The van der Waals surface area contributed by atoms with Crippen molar-refractivity contribution in [1.82, 2.24) is 4.72 Å². The van der Waals surface area contributed by atoms with Gasteiger partial charge >= 0.3 is 0 Å². The van der Waals surface area contributed by atoms with E-state index in [1.165, 1.54) is 0 Å². The number of hydrogen-bond donors (Lipinski definition) is 1. The summed E-state index contributed by atoms with van der Waals surface area (Å²) in [5.74, 6) is -0.613. The molecular weight excluding hydrogens is 274 g/mol. The average Bonchev–Trinajstić information content (AvgIpc) is 2.24. The summed E-state index contributed by atoms with van der Waals surface area (Å²) in [5, 5.41) is 0. The highest BCUT2D eigenvalue weighted by atomic mass is 32.2. The van der Waals surface area contributed by atoms with Gasteiger partial charge in [0.05, 0.1) is 5.75 Å². The lowest BCUT2D eigenvalue weighted by atomic mass is 9.94. The van der Waals surface area contributed by atoms with Crippen molar-refractivity contribution in [3.63, 3.8) is 0 Å². The van der Waals surface area contributed by atoms with Crippen LogP contribution in [0, 0.1) is 19.3 Å². The van der Waals surface area contributed by atoms with Gasteiger partial charge in [-0.1, -0.05) is 38.0 Å². The first-order chi connectivity index (χ1) is 8.98. The van der Waals surface area contributed by atoms with Crippen LogP contribution in [0.3, 0.4) is 0 Å². The second-order valence-electron chi connectivity index (χ2n) is 6.44. The van der Waals surface area contributed by atoms with E-state index in [0.29, 0.717) is 12.0 Å². The maximum Gasteiger partial charge on any atom is 0.264 e. The van der Waals surface area contributed by atoms with Crippen molar-refractivity contribution in [1.29, 1.82) is 0 Å². The molecule has 1 aromatic rings. The zero-order chi connectivity index (χ0) is 15.6. The molecule has 20 heavy (non-hydrogen) atoms. The van der Waals surface area contributed by atoms with Crippen molar-refractivity contribution in [2.75, 3.05) is 5.75 Å². The van der Waals surface area contributed by atoms with Gasteiger partial charge in [-0.3, -0.25) is 4.79 Å². The van der Waals surface area contributed by atoms with Gasteiger partial charge in [-0.15, -0.1) is 0 Å². The molecule has 1 aromatic carbocycles. The van der Waals surface area contributed by atoms with Crippen LogP contribution < -0.4 is 4.72 Å². The molecule has 1 amide bonds. The molecule has 0 unspecified atom stereocenters. The summed E-state index contributed by atoms with van der Waals surface area (Å²) in [6.45, 7) is 9.65. The number of carbonyl (C=O) groups excluding carboxylic acids is 1. The average molecular weight is 297 g/mol. The summed E-state index contributed by atoms with van der Waals surface area (Å²) < 4.78 is 25.9. The van der Waals surface area contributed by atoms with Crippen molar-refractivity contribution < 1.29 is 13.2 Å². The normalized spacial score (nSPS) is 12.2. The Bertz CT molecular complexity index is 578. The SMILES string of the molecule is Cc1cc(C)cc(C(=O)NS(=O)(=O)CCC(C)(C)C)c1. The van der Waals surface area contributed by atoms with E-state index in [1.807, 2.05) is 40.7 Å². The Morgan fingerprint density at radius 3 is 2.05 bits per heavy atom. The minimum Gasteiger partial charge on any atom is -0.268 e. The molecule has 0 atom stereocenters. The van der Waals surface area contributed by atoms with Crippen molar-refractivity contribution in [2.45, 2.75) is 41.0 Å². The van der Waals surface area contributed by atoms with Crippen LogP contribution >= 0.6 is 0 Å². The number of rotatable bonds is 4. The molecule has 0 saturated carbocycles. The summed E-state index contributed by atoms with van der Waals surface area (Å²) in [4.78, 5) is 12.0. The van der Waals surface area contributed by atoms with E-state index >= 15 is 0 Å². The van der Waals surface area contributed by atoms with Gasteiger partial charge in [0.25, 0.3) is 5.91 Å². The molecule has 1 rings (SSSR count). The van der Waals surface area contributed by atoms with Crippen molar-refractivity contribution in [3.05, 3.63) is 34.9 Å². The molecule has 0 spiro atoms. The van der Waals surface area contributed by atoms with Crippen molar-refractivity contribution in [3.8, 4) is 0 Å². The molecule has 0 heterocycles. The smallest absolute Gasteiger partial charge is 0.264 e. The topological polar surface area (TPSA) is 63.2 Å². The predicted octanol–water partition coefficient (Wildman–Crippen LogP) is 2.80. The molecule has 112 valence electrons. The highest BCUT2D eigenvalue weighted by molar-refractivity contribution is 7.90. The van der Waals surface area contributed by atoms with Gasteiger partial charge in [-0.25, -0.2) is 13.1 Å². The second-order valence-corrected chi connectivity index (χ2v) is 8.28. The third-order valence-electron chi connectivity index (χ3n) is 2.85. The van der Waals surface area contributed by atoms with Crippen molar-refractivity contribution in [2.24, 2.45) is 5.41 Å². The molecule has 0 fully saturated rings. The number of nitrogens with one attached hydrogen (secondary N) is 1. The number of benzene rings is 1. The van der Waals surface area contributed by atoms with Gasteiger partial charge < -0.3 is 0 Å². The van der Waals surface area contributed by atoms with E-state index in [2.05, 4.69) is 4.72 Å². The Balaban J connectivity index is 2.79. The Morgan fingerprint density at radius 2 is 1.60 bits per heavy atom. The Labute approximate surface area is 121 Å². The van der Waals surface area contributed by atoms with Gasteiger partial charge in [0.1, 0.15) is 0 Å². The summed E-state index contributed by atoms with van der Waals surface area (Å²) >= 11 is 0. The van der Waals surface area contributed by atoms with Crippen LogP contribution in [0.2, 0.25) is 0 Å². The van der Waals surface area contributed by atoms with E-state index in [9.17, 15) is 13.2 Å². The molecule has 0 saturated heterocycles. The molecule has 0 aliphatic rings. The predicted molar refractivity (Wildman–Crippen MR) is 81.2 cm³/mol. The molecule has 0 radical (unpaired) electrons. The van der Waals surface area contributed by atoms with Crippen LogP contribution in [-0.4, -0.2) is 20.1 Å². The molecule has 1 N–H and O–H groups in total. The highest BCUT2D eigenvalue weighted by Crippen LogP contribution is 2.19. The zero-order valence-electron chi connectivity index (χ0n) is 12.8. The molecule has 4 nitrogen and oxygen atoms in total. The Morgan fingerprint density at radius 1 is 1.10 bits per heavy atom. The summed E-state index contributed by atoms with van der Waals surface area (Å²) in [7, 11) is -3.59. The molecule has 0 aliphatic heterocycles. The highest BCUT2D eigenvalue weighted by Gasteiger charge is 2.20. The Kier molecular flexibility index (Phi) is 4.97. The Hall–Kier alpha value is -1.36. The number of sulfonamides is 1. The van der Waals surface area contributed by atoms with E-state index in [0.717, 1.165) is 11.1 Å². The van der Waals surface area contributed by atoms with Crippen LogP contribution in [0.5, 0.6) is 0 Å². The number of carbonyl (C=O) groups is 1. The van der Waals surface area contributed by atoms with Gasteiger partial charge in [0, 0.05) is 5.56 Å². The van der Waals surface area contributed by atoms with Crippen LogP contribution in [0.4, 0.5) is 0 Å². The molecule has 0 bridgehead atoms. The fourth-order valence-electron chi connectivity index (χ4n) is 1.80. The van der Waals surface area contributed by atoms with Crippen LogP contribution in [0.25, 0.3) is 0 Å². The first-order valence-corrected chi connectivity index (χ1v) is 8.27. The lowest BCUT2D eigenvalue weighted by Gasteiger charge is -2.17. The lowest BCUT2D eigenvalue weighted by molar-refractivity contribution is 0.0981.